The Kier molecular flexibility index (Phi) is 2.74. The summed E-state index contributed by atoms with van der Waals surface area (Å²) < 4.78 is 14.6. The number of rotatable bonds is 2. The molecule has 0 amide bonds. The Balaban J connectivity index is 2.49. The average molecular weight is 285 g/mol. The Hall–Kier alpha value is -1.69. The van der Waals surface area contributed by atoms with Crippen molar-refractivity contribution < 1.29 is 14.3 Å². The predicted octanol–water partition coefficient (Wildman–Crippen LogP) is 2.47. The fourth-order valence-electron chi connectivity index (χ4n) is 1.25. The Morgan fingerprint density at radius 1 is 1.50 bits per heavy atom. The van der Waals surface area contributed by atoms with Crippen molar-refractivity contribution in [1.29, 1.82) is 0 Å². The Morgan fingerprint density at radius 3 is 2.81 bits per heavy atom. The quantitative estimate of drug-likeness (QED) is 0.922. The molecule has 0 saturated heterocycles. The number of aromatic nitrogens is 2. The molecule has 0 saturated carbocycles. The van der Waals surface area contributed by atoms with E-state index in [-0.39, 0.29) is 5.69 Å². The minimum Gasteiger partial charge on any atom is -0.476 e. The molecule has 1 heterocycles. The molecule has 0 fully saturated rings. The van der Waals surface area contributed by atoms with Crippen molar-refractivity contribution in [3.63, 3.8) is 0 Å². The van der Waals surface area contributed by atoms with Crippen LogP contribution in [0.5, 0.6) is 0 Å². The standard InChI is InChI=1S/C10H6BrFN2O2/c11-8-5-14(13-9(8)10(15)16)7-3-1-2-6(12)4-7/h1-5H,(H,15,16). The number of nitrogens with zero attached hydrogens (tertiary/aromatic N) is 2. The van der Waals surface area contributed by atoms with Gasteiger partial charge in [-0.25, -0.2) is 13.9 Å². The van der Waals surface area contributed by atoms with Gasteiger partial charge in [-0.2, -0.15) is 5.10 Å². The van der Waals surface area contributed by atoms with Crippen LogP contribution in [0.4, 0.5) is 4.39 Å². The van der Waals surface area contributed by atoms with Gasteiger partial charge in [0, 0.05) is 6.20 Å². The summed E-state index contributed by atoms with van der Waals surface area (Å²) in [6, 6.07) is 5.74. The van der Waals surface area contributed by atoms with Gasteiger partial charge in [0.05, 0.1) is 10.2 Å². The average Bonchev–Trinajstić information content (AvgIpc) is 2.60. The minimum atomic E-state index is -1.14. The van der Waals surface area contributed by atoms with E-state index in [9.17, 15) is 9.18 Å². The summed E-state index contributed by atoms with van der Waals surface area (Å²) >= 11 is 3.08. The summed E-state index contributed by atoms with van der Waals surface area (Å²) in [5.41, 5.74) is 0.359. The van der Waals surface area contributed by atoms with E-state index >= 15 is 0 Å². The van der Waals surface area contributed by atoms with Crippen LogP contribution in [-0.4, -0.2) is 20.9 Å². The Labute approximate surface area is 98.4 Å². The van der Waals surface area contributed by atoms with Gasteiger partial charge in [0.25, 0.3) is 0 Å². The first-order chi connectivity index (χ1) is 7.58. The third-order valence-corrected chi connectivity index (χ3v) is 2.53. The highest BCUT2D eigenvalue weighted by Gasteiger charge is 2.14. The molecule has 0 radical (unpaired) electrons. The van der Waals surface area contributed by atoms with Gasteiger partial charge in [0.2, 0.25) is 0 Å². The fourth-order valence-corrected chi connectivity index (χ4v) is 1.69. The minimum absolute atomic E-state index is 0.107. The van der Waals surface area contributed by atoms with Crippen LogP contribution in [0.2, 0.25) is 0 Å². The predicted molar refractivity (Wildman–Crippen MR) is 58.2 cm³/mol. The first-order valence-electron chi connectivity index (χ1n) is 4.32. The second kappa shape index (κ2) is 4.05. The third-order valence-electron chi connectivity index (χ3n) is 1.94. The summed E-state index contributed by atoms with van der Waals surface area (Å²) in [5, 5.41) is 12.6. The van der Waals surface area contributed by atoms with E-state index in [2.05, 4.69) is 21.0 Å². The topological polar surface area (TPSA) is 55.1 Å². The number of benzene rings is 1. The van der Waals surface area contributed by atoms with Gasteiger partial charge in [-0.15, -0.1) is 0 Å². The molecule has 1 aromatic carbocycles. The van der Waals surface area contributed by atoms with Crippen LogP contribution >= 0.6 is 15.9 Å². The molecule has 2 rings (SSSR count). The highest BCUT2D eigenvalue weighted by Crippen LogP contribution is 2.18. The van der Waals surface area contributed by atoms with Gasteiger partial charge in [-0.05, 0) is 34.1 Å². The normalized spacial score (nSPS) is 10.4. The van der Waals surface area contributed by atoms with Gasteiger partial charge < -0.3 is 5.11 Å². The van der Waals surface area contributed by atoms with E-state index in [0.29, 0.717) is 10.2 Å². The number of hydrogen-bond donors (Lipinski definition) is 1. The monoisotopic (exact) mass is 284 g/mol. The lowest BCUT2D eigenvalue weighted by atomic mass is 10.3. The van der Waals surface area contributed by atoms with E-state index in [1.807, 2.05) is 0 Å². The maximum absolute atomic E-state index is 12.9. The van der Waals surface area contributed by atoms with Crippen molar-refractivity contribution in [3.8, 4) is 5.69 Å². The number of carboxylic acid groups (broad SMARTS) is 1. The number of aromatic carboxylic acids is 1. The van der Waals surface area contributed by atoms with Gasteiger partial charge in [0.1, 0.15) is 5.82 Å². The second-order valence-corrected chi connectivity index (χ2v) is 3.91. The van der Waals surface area contributed by atoms with Crippen LogP contribution in [0.25, 0.3) is 5.69 Å². The number of carbonyl (C=O) groups is 1. The molecular formula is C10H6BrFN2O2. The third kappa shape index (κ3) is 1.96. The van der Waals surface area contributed by atoms with Crippen molar-refractivity contribution in [1.82, 2.24) is 9.78 Å². The second-order valence-electron chi connectivity index (χ2n) is 3.06. The molecule has 1 N–H and O–H groups in total. The van der Waals surface area contributed by atoms with Crippen LogP contribution < -0.4 is 0 Å². The molecule has 0 aliphatic heterocycles. The van der Waals surface area contributed by atoms with Crippen molar-refractivity contribution in [2.45, 2.75) is 0 Å². The van der Waals surface area contributed by atoms with Crippen LogP contribution in [-0.2, 0) is 0 Å². The van der Waals surface area contributed by atoms with Crippen molar-refractivity contribution in [2.24, 2.45) is 0 Å². The summed E-state index contributed by atoms with van der Waals surface area (Å²) in [6.07, 6.45) is 1.47. The SMILES string of the molecule is O=C(O)c1nn(-c2cccc(F)c2)cc1Br. The molecule has 4 nitrogen and oxygen atoms in total. The first kappa shape index (κ1) is 10.8. The summed E-state index contributed by atoms with van der Waals surface area (Å²) in [5.74, 6) is -1.54. The number of halogens is 2. The highest BCUT2D eigenvalue weighted by atomic mass is 79.9. The molecule has 0 unspecified atom stereocenters. The lowest BCUT2D eigenvalue weighted by Crippen LogP contribution is -2.01. The summed E-state index contributed by atoms with van der Waals surface area (Å²) in [6.45, 7) is 0. The molecule has 6 heteroatoms. The molecule has 0 atom stereocenters. The van der Waals surface area contributed by atoms with Crippen LogP contribution in [0.3, 0.4) is 0 Å². The van der Waals surface area contributed by atoms with Crippen LogP contribution in [0, 0.1) is 5.82 Å². The molecular weight excluding hydrogens is 279 g/mol. The lowest BCUT2D eigenvalue weighted by Gasteiger charge is -1.99. The van der Waals surface area contributed by atoms with E-state index in [4.69, 9.17) is 5.11 Å². The Bertz CT molecular complexity index is 554. The van der Waals surface area contributed by atoms with Gasteiger partial charge in [0.15, 0.2) is 5.69 Å². The number of hydrogen-bond acceptors (Lipinski definition) is 2. The molecule has 2 aromatic rings. The van der Waals surface area contributed by atoms with E-state index in [1.165, 1.54) is 29.1 Å². The molecule has 0 spiro atoms. The summed E-state index contributed by atoms with van der Waals surface area (Å²) in [4.78, 5) is 10.8. The van der Waals surface area contributed by atoms with Crippen molar-refractivity contribution in [2.75, 3.05) is 0 Å². The van der Waals surface area contributed by atoms with Crippen molar-refractivity contribution >= 4 is 21.9 Å². The molecule has 1 aromatic heterocycles. The lowest BCUT2D eigenvalue weighted by molar-refractivity contribution is 0.0689. The first-order valence-corrected chi connectivity index (χ1v) is 5.11. The maximum Gasteiger partial charge on any atom is 0.357 e. The molecule has 16 heavy (non-hydrogen) atoms. The largest absolute Gasteiger partial charge is 0.476 e. The smallest absolute Gasteiger partial charge is 0.357 e. The highest BCUT2D eigenvalue weighted by molar-refractivity contribution is 9.10. The van der Waals surface area contributed by atoms with E-state index in [1.54, 1.807) is 6.07 Å². The van der Waals surface area contributed by atoms with Crippen LogP contribution in [0.1, 0.15) is 10.5 Å². The fraction of sp³-hybridized carbons (Fsp3) is 0. The zero-order chi connectivity index (χ0) is 11.7. The van der Waals surface area contributed by atoms with E-state index in [0.717, 1.165) is 0 Å². The van der Waals surface area contributed by atoms with E-state index < -0.39 is 11.8 Å². The molecule has 0 aliphatic carbocycles. The zero-order valence-electron chi connectivity index (χ0n) is 7.89. The van der Waals surface area contributed by atoms with Gasteiger partial charge >= 0.3 is 5.97 Å². The Morgan fingerprint density at radius 2 is 2.25 bits per heavy atom. The molecule has 0 aliphatic rings. The zero-order valence-corrected chi connectivity index (χ0v) is 9.48. The summed E-state index contributed by atoms with van der Waals surface area (Å²) in [7, 11) is 0. The number of carboxylic acids is 1. The van der Waals surface area contributed by atoms with Crippen LogP contribution in [0.15, 0.2) is 34.9 Å². The molecule has 0 bridgehead atoms. The maximum atomic E-state index is 12.9. The molecule has 82 valence electrons. The van der Waals surface area contributed by atoms with Gasteiger partial charge in [-0.1, -0.05) is 6.07 Å². The van der Waals surface area contributed by atoms with Gasteiger partial charge in [-0.3, -0.25) is 0 Å². The van der Waals surface area contributed by atoms with Crippen molar-refractivity contribution in [3.05, 3.63) is 46.4 Å².